The van der Waals surface area contributed by atoms with E-state index in [0.29, 0.717) is 18.5 Å². The molecular weight excluding hydrogens is 268 g/mol. The molecule has 0 aliphatic rings. The molecule has 1 heterocycles. The first-order valence-corrected chi connectivity index (χ1v) is 6.40. The second-order valence-corrected chi connectivity index (χ2v) is 4.35. The zero-order valence-electron chi connectivity index (χ0n) is 11.2. The Balaban J connectivity index is 1.95. The fraction of sp³-hybridized carbons (Fsp3) is 0.125. The third-order valence-electron chi connectivity index (χ3n) is 2.81. The van der Waals surface area contributed by atoms with Gasteiger partial charge >= 0.3 is 0 Å². The van der Waals surface area contributed by atoms with E-state index in [4.69, 9.17) is 9.68 Å². The molecule has 21 heavy (non-hydrogen) atoms. The van der Waals surface area contributed by atoms with E-state index in [0.717, 1.165) is 5.76 Å². The van der Waals surface area contributed by atoms with E-state index in [-0.39, 0.29) is 11.3 Å². The van der Waals surface area contributed by atoms with Gasteiger partial charge in [-0.05, 0) is 35.9 Å². The maximum absolute atomic E-state index is 11.9. The molecule has 2 aromatic rings. The van der Waals surface area contributed by atoms with Gasteiger partial charge in [-0.3, -0.25) is 4.79 Å². The summed E-state index contributed by atoms with van der Waals surface area (Å²) < 4.78 is 5.15. The zero-order chi connectivity index (χ0) is 15.1. The molecule has 0 atom stereocenters. The van der Waals surface area contributed by atoms with Crippen LogP contribution >= 0.6 is 0 Å². The molecule has 0 fully saturated rings. The predicted molar refractivity (Wildman–Crippen MR) is 77.1 cm³/mol. The molecule has 0 radical (unpaired) electrons. The number of hydrogen-bond acceptors (Lipinski definition) is 4. The Labute approximate surface area is 122 Å². The number of nitrogens with one attached hydrogen (secondary N) is 1. The van der Waals surface area contributed by atoms with Crippen molar-refractivity contribution in [3.8, 4) is 11.8 Å². The van der Waals surface area contributed by atoms with Crippen molar-refractivity contribution in [2.24, 2.45) is 0 Å². The number of benzene rings is 1. The van der Waals surface area contributed by atoms with Crippen LogP contribution in [0.2, 0.25) is 0 Å². The largest absolute Gasteiger partial charge is 0.508 e. The molecule has 0 aliphatic heterocycles. The minimum absolute atomic E-state index is 0.0140. The van der Waals surface area contributed by atoms with E-state index >= 15 is 0 Å². The summed E-state index contributed by atoms with van der Waals surface area (Å²) in [5.41, 5.74) is 0.686. The number of amides is 1. The van der Waals surface area contributed by atoms with Crippen LogP contribution in [0.4, 0.5) is 0 Å². The number of carbonyl (C=O) groups is 1. The number of rotatable bonds is 5. The molecule has 1 amide bonds. The van der Waals surface area contributed by atoms with E-state index in [9.17, 15) is 9.90 Å². The lowest BCUT2D eigenvalue weighted by Crippen LogP contribution is -2.26. The molecule has 1 aromatic heterocycles. The summed E-state index contributed by atoms with van der Waals surface area (Å²) in [5.74, 6) is 0.474. The normalized spacial score (nSPS) is 10.9. The lowest BCUT2D eigenvalue weighted by atomic mass is 10.1. The Hall–Kier alpha value is -3.00. The molecule has 0 unspecified atom stereocenters. The topological polar surface area (TPSA) is 86.3 Å². The highest BCUT2D eigenvalue weighted by atomic mass is 16.3. The second-order valence-electron chi connectivity index (χ2n) is 4.35. The van der Waals surface area contributed by atoms with E-state index in [1.54, 1.807) is 24.5 Å². The highest BCUT2D eigenvalue weighted by Gasteiger charge is 2.08. The lowest BCUT2D eigenvalue weighted by Gasteiger charge is -2.03. The number of phenolic OH excluding ortho intramolecular Hbond substituents is 1. The first-order valence-electron chi connectivity index (χ1n) is 6.40. The van der Waals surface area contributed by atoms with Crippen LogP contribution in [-0.4, -0.2) is 17.6 Å². The molecule has 5 nitrogen and oxygen atoms in total. The fourth-order valence-corrected chi connectivity index (χ4v) is 1.74. The van der Waals surface area contributed by atoms with Crippen LogP contribution in [0.15, 0.2) is 52.7 Å². The molecule has 2 N–H and O–H groups in total. The van der Waals surface area contributed by atoms with Gasteiger partial charge in [0.1, 0.15) is 23.2 Å². The van der Waals surface area contributed by atoms with Crippen LogP contribution in [0.1, 0.15) is 11.3 Å². The monoisotopic (exact) mass is 282 g/mol. The number of furan rings is 1. The molecule has 0 saturated heterocycles. The Kier molecular flexibility index (Phi) is 4.78. The summed E-state index contributed by atoms with van der Waals surface area (Å²) in [7, 11) is 0. The van der Waals surface area contributed by atoms with Gasteiger partial charge < -0.3 is 14.8 Å². The average Bonchev–Trinajstić information content (AvgIpc) is 3.00. The lowest BCUT2D eigenvalue weighted by molar-refractivity contribution is -0.117. The Morgan fingerprint density at radius 3 is 2.71 bits per heavy atom. The fourth-order valence-electron chi connectivity index (χ4n) is 1.74. The van der Waals surface area contributed by atoms with Crippen LogP contribution in [-0.2, 0) is 11.2 Å². The Morgan fingerprint density at radius 2 is 2.10 bits per heavy atom. The molecule has 2 rings (SSSR count). The highest BCUT2D eigenvalue weighted by Crippen LogP contribution is 2.12. The Bertz CT molecular complexity index is 665. The van der Waals surface area contributed by atoms with E-state index in [2.05, 4.69) is 5.32 Å². The predicted octanol–water partition coefficient (Wildman–Crippen LogP) is 2.25. The average molecular weight is 282 g/mol. The molecule has 0 bridgehead atoms. The maximum Gasteiger partial charge on any atom is 0.261 e. The van der Waals surface area contributed by atoms with Gasteiger partial charge in [0.05, 0.1) is 6.26 Å². The molecule has 0 spiro atoms. The van der Waals surface area contributed by atoms with Gasteiger partial charge in [0.15, 0.2) is 0 Å². The number of nitriles is 1. The summed E-state index contributed by atoms with van der Waals surface area (Å²) in [5, 5.41) is 20.9. The van der Waals surface area contributed by atoms with Crippen molar-refractivity contribution in [2.45, 2.75) is 6.42 Å². The SMILES string of the molecule is N#C/C(=C\c1ccc(O)cc1)C(=O)NCCc1ccco1. The minimum atomic E-state index is -0.433. The van der Waals surface area contributed by atoms with Crippen molar-refractivity contribution < 1.29 is 14.3 Å². The summed E-state index contributed by atoms with van der Waals surface area (Å²) >= 11 is 0. The van der Waals surface area contributed by atoms with Gasteiger partial charge in [0, 0.05) is 13.0 Å². The summed E-state index contributed by atoms with van der Waals surface area (Å²) in [6.07, 6.45) is 3.61. The third-order valence-corrected chi connectivity index (χ3v) is 2.81. The standard InChI is InChI=1S/C16H14N2O3/c17-11-13(10-12-3-5-14(19)6-4-12)16(20)18-8-7-15-2-1-9-21-15/h1-6,9-10,19H,7-8H2,(H,18,20)/b13-10+. The van der Waals surface area contributed by atoms with Crippen molar-refractivity contribution in [1.29, 1.82) is 5.26 Å². The van der Waals surface area contributed by atoms with Crippen LogP contribution in [0.25, 0.3) is 6.08 Å². The molecule has 106 valence electrons. The Morgan fingerprint density at radius 1 is 1.33 bits per heavy atom. The van der Waals surface area contributed by atoms with E-state index in [1.807, 2.05) is 12.1 Å². The summed E-state index contributed by atoms with van der Waals surface area (Å²) in [6.45, 7) is 0.390. The van der Waals surface area contributed by atoms with Crippen molar-refractivity contribution in [3.05, 3.63) is 59.6 Å². The summed E-state index contributed by atoms with van der Waals surface area (Å²) in [6, 6.07) is 11.7. The first kappa shape index (κ1) is 14.4. The van der Waals surface area contributed by atoms with Crippen molar-refractivity contribution in [1.82, 2.24) is 5.32 Å². The van der Waals surface area contributed by atoms with Gasteiger partial charge in [0.25, 0.3) is 5.91 Å². The molecule has 5 heteroatoms. The zero-order valence-corrected chi connectivity index (χ0v) is 11.2. The van der Waals surface area contributed by atoms with E-state index < -0.39 is 5.91 Å². The van der Waals surface area contributed by atoms with Crippen molar-refractivity contribution >= 4 is 12.0 Å². The van der Waals surface area contributed by atoms with Crippen LogP contribution in [0.3, 0.4) is 0 Å². The second kappa shape index (κ2) is 6.96. The number of phenols is 1. The van der Waals surface area contributed by atoms with Gasteiger partial charge in [0.2, 0.25) is 0 Å². The first-order chi connectivity index (χ1) is 10.2. The van der Waals surface area contributed by atoms with Crippen LogP contribution in [0, 0.1) is 11.3 Å². The number of hydrogen-bond donors (Lipinski definition) is 2. The van der Waals surface area contributed by atoms with E-state index in [1.165, 1.54) is 18.2 Å². The number of carbonyl (C=O) groups excluding carboxylic acids is 1. The van der Waals surface area contributed by atoms with Gasteiger partial charge in [-0.15, -0.1) is 0 Å². The van der Waals surface area contributed by atoms with Gasteiger partial charge in [-0.1, -0.05) is 12.1 Å². The van der Waals surface area contributed by atoms with Gasteiger partial charge in [-0.2, -0.15) is 5.26 Å². The quantitative estimate of drug-likeness (QED) is 0.650. The highest BCUT2D eigenvalue weighted by molar-refractivity contribution is 6.01. The minimum Gasteiger partial charge on any atom is -0.508 e. The number of nitrogens with zero attached hydrogens (tertiary/aromatic N) is 1. The maximum atomic E-state index is 11.9. The van der Waals surface area contributed by atoms with Crippen LogP contribution in [0.5, 0.6) is 5.75 Å². The molecule has 0 aliphatic carbocycles. The van der Waals surface area contributed by atoms with Gasteiger partial charge in [-0.25, -0.2) is 0 Å². The van der Waals surface area contributed by atoms with Crippen LogP contribution < -0.4 is 5.32 Å². The number of aromatic hydroxyl groups is 1. The summed E-state index contributed by atoms with van der Waals surface area (Å²) in [4.78, 5) is 11.9. The molecule has 0 saturated carbocycles. The van der Waals surface area contributed by atoms with Crippen molar-refractivity contribution in [2.75, 3.05) is 6.54 Å². The molecule has 1 aromatic carbocycles. The molecular formula is C16H14N2O3. The van der Waals surface area contributed by atoms with Crippen molar-refractivity contribution in [3.63, 3.8) is 0 Å². The third kappa shape index (κ3) is 4.25. The smallest absolute Gasteiger partial charge is 0.261 e.